The second kappa shape index (κ2) is 12.1. The van der Waals surface area contributed by atoms with E-state index in [2.05, 4.69) is 16.0 Å². The van der Waals surface area contributed by atoms with E-state index in [0.717, 1.165) is 0 Å². The lowest BCUT2D eigenvalue weighted by molar-refractivity contribution is -0.143. The summed E-state index contributed by atoms with van der Waals surface area (Å²) in [6.07, 6.45) is -0.0240. The van der Waals surface area contributed by atoms with Gasteiger partial charge in [0.2, 0.25) is 11.8 Å². The van der Waals surface area contributed by atoms with Gasteiger partial charge in [-0.05, 0) is 25.7 Å². The molecule has 0 aliphatic heterocycles. The molecule has 0 aromatic carbocycles. The average molecular weight is 388 g/mol. The maximum atomic E-state index is 12.6. The Morgan fingerprint density at radius 3 is 2.19 bits per heavy atom. The van der Waals surface area contributed by atoms with E-state index in [1.54, 1.807) is 13.8 Å². The first-order valence-corrected chi connectivity index (χ1v) is 8.86. The van der Waals surface area contributed by atoms with E-state index in [1.165, 1.54) is 6.92 Å². The van der Waals surface area contributed by atoms with Crippen molar-refractivity contribution in [2.75, 3.05) is 6.54 Å². The number of hydrogen-bond donors (Lipinski definition) is 8. The van der Waals surface area contributed by atoms with Crippen LogP contribution in [0.5, 0.6) is 0 Å². The Balaban J connectivity index is 5.12. The summed E-state index contributed by atoms with van der Waals surface area (Å²) in [6, 6.07) is -3.36. The summed E-state index contributed by atoms with van der Waals surface area (Å²) >= 11 is 0. The number of rotatable bonds is 12. The zero-order chi connectivity index (χ0) is 21.1. The minimum Gasteiger partial charge on any atom is -0.480 e. The second-order valence-corrected chi connectivity index (χ2v) is 6.52. The van der Waals surface area contributed by atoms with Gasteiger partial charge in [0.05, 0.1) is 6.10 Å². The summed E-state index contributed by atoms with van der Waals surface area (Å²) in [4.78, 5) is 36.1. The molecule has 0 aliphatic carbocycles. The monoisotopic (exact) mass is 388 g/mol. The zero-order valence-electron chi connectivity index (χ0n) is 16.0. The second-order valence-electron chi connectivity index (χ2n) is 6.52. The van der Waals surface area contributed by atoms with Gasteiger partial charge in [-0.1, -0.05) is 20.3 Å². The van der Waals surface area contributed by atoms with E-state index < -0.39 is 42.0 Å². The highest BCUT2D eigenvalue weighted by Gasteiger charge is 2.30. The van der Waals surface area contributed by atoms with Gasteiger partial charge in [-0.3, -0.25) is 15.0 Å². The number of guanidine groups is 1. The van der Waals surface area contributed by atoms with Crippen LogP contribution in [0.4, 0.5) is 0 Å². The summed E-state index contributed by atoms with van der Waals surface area (Å²) in [6.45, 7) is 5.15. The van der Waals surface area contributed by atoms with Gasteiger partial charge in [0.15, 0.2) is 5.96 Å². The molecule has 2 amide bonds. The number of carbonyl (C=O) groups excluding carboxylic acids is 2. The highest BCUT2D eigenvalue weighted by atomic mass is 16.4. The highest BCUT2D eigenvalue weighted by molar-refractivity contribution is 5.92. The number of carbonyl (C=O) groups is 3. The van der Waals surface area contributed by atoms with Crippen molar-refractivity contribution < 1.29 is 24.6 Å². The van der Waals surface area contributed by atoms with Crippen molar-refractivity contribution in [1.29, 1.82) is 5.41 Å². The van der Waals surface area contributed by atoms with Crippen LogP contribution >= 0.6 is 0 Å². The van der Waals surface area contributed by atoms with Gasteiger partial charge in [0.1, 0.15) is 18.1 Å². The lowest BCUT2D eigenvalue weighted by Crippen LogP contribution is -2.57. The van der Waals surface area contributed by atoms with Gasteiger partial charge in [0, 0.05) is 6.54 Å². The number of nitrogens with one attached hydrogen (secondary N) is 4. The molecule has 27 heavy (non-hydrogen) atoms. The number of hydrogen-bond acceptors (Lipinski definition) is 6. The van der Waals surface area contributed by atoms with E-state index >= 15 is 0 Å². The van der Waals surface area contributed by atoms with Crippen LogP contribution in [-0.4, -0.2) is 64.7 Å². The van der Waals surface area contributed by atoms with Crippen LogP contribution in [0, 0.1) is 11.3 Å². The molecule has 0 radical (unpaired) electrons. The first kappa shape index (κ1) is 24.6. The molecule has 0 bridgehead atoms. The van der Waals surface area contributed by atoms with E-state index in [1.807, 2.05) is 0 Å². The number of amides is 2. The average Bonchev–Trinajstić information content (AvgIpc) is 2.59. The number of carboxylic acid groups (broad SMARTS) is 1. The van der Waals surface area contributed by atoms with Crippen molar-refractivity contribution >= 4 is 23.7 Å². The van der Waals surface area contributed by atoms with Crippen LogP contribution < -0.4 is 27.4 Å². The third-order valence-electron chi connectivity index (χ3n) is 4.22. The molecule has 5 atom stereocenters. The van der Waals surface area contributed by atoms with Crippen LogP contribution in [-0.2, 0) is 14.4 Å². The predicted molar refractivity (Wildman–Crippen MR) is 99.8 cm³/mol. The lowest BCUT2D eigenvalue weighted by Gasteiger charge is -2.25. The molecule has 0 saturated heterocycles. The first-order chi connectivity index (χ1) is 12.5. The summed E-state index contributed by atoms with van der Waals surface area (Å²) in [7, 11) is 0. The molecule has 10 N–H and O–H groups in total. The topological polar surface area (TPSA) is 204 Å². The molecule has 0 spiro atoms. The van der Waals surface area contributed by atoms with Crippen LogP contribution in [0.1, 0.15) is 40.0 Å². The van der Waals surface area contributed by atoms with Gasteiger partial charge in [0.25, 0.3) is 0 Å². The predicted octanol–water partition coefficient (Wildman–Crippen LogP) is -1.94. The Labute approximate surface area is 158 Å². The Hall–Kier alpha value is -2.40. The van der Waals surface area contributed by atoms with Gasteiger partial charge in [-0.25, -0.2) is 4.79 Å². The van der Waals surface area contributed by atoms with Crippen LogP contribution in [0.2, 0.25) is 0 Å². The molecular weight excluding hydrogens is 356 g/mol. The largest absolute Gasteiger partial charge is 0.480 e. The maximum absolute atomic E-state index is 12.6. The molecule has 156 valence electrons. The minimum absolute atomic E-state index is 0.164. The standard InChI is InChI=1S/C16H32N6O5/c1-4-8(2)12(15(26)27)22-13(24)10(6-5-7-20-16(18)19)21-14(25)11(17)9(3)23/h8-12,23H,4-7,17H2,1-3H3,(H,21,25)(H,22,24)(H,26,27)(H4,18,19,20)/t8-,9+,10-,11-,12-/m0/s1. The Morgan fingerprint density at radius 2 is 1.74 bits per heavy atom. The Bertz CT molecular complexity index is 527. The summed E-state index contributed by atoms with van der Waals surface area (Å²) < 4.78 is 0. The van der Waals surface area contributed by atoms with E-state index in [4.69, 9.17) is 16.9 Å². The van der Waals surface area contributed by atoms with Crippen molar-refractivity contribution in [2.45, 2.75) is 64.3 Å². The number of nitrogens with two attached hydrogens (primary N) is 2. The molecule has 0 aliphatic rings. The van der Waals surface area contributed by atoms with Crippen LogP contribution in [0.3, 0.4) is 0 Å². The summed E-state index contributed by atoms with van der Waals surface area (Å²) in [5.74, 6) is -3.07. The van der Waals surface area contributed by atoms with Crippen LogP contribution in [0.15, 0.2) is 0 Å². The van der Waals surface area contributed by atoms with Crippen molar-refractivity contribution in [2.24, 2.45) is 17.4 Å². The molecule has 0 saturated carbocycles. The quantitative estimate of drug-likeness (QED) is 0.107. The molecule has 0 aromatic rings. The lowest BCUT2D eigenvalue weighted by atomic mass is 9.98. The first-order valence-electron chi connectivity index (χ1n) is 8.86. The van der Waals surface area contributed by atoms with Crippen molar-refractivity contribution in [3.05, 3.63) is 0 Å². The third kappa shape index (κ3) is 9.20. The molecule has 0 unspecified atom stereocenters. The fourth-order valence-corrected chi connectivity index (χ4v) is 2.22. The SMILES string of the molecule is CC[C@H](C)[C@H](NC(=O)[C@H](CCCNC(=N)N)NC(=O)[C@@H](N)[C@@H](C)O)C(=O)O. The molecule has 0 fully saturated rings. The Morgan fingerprint density at radius 1 is 1.15 bits per heavy atom. The van der Waals surface area contributed by atoms with E-state index in [-0.39, 0.29) is 18.3 Å². The normalized spacial score (nSPS) is 16.3. The third-order valence-corrected chi connectivity index (χ3v) is 4.22. The fraction of sp³-hybridized carbons (Fsp3) is 0.750. The summed E-state index contributed by atoms with van der Waals surface area (Å²) in [5.41, 5.74) is 10.8. The van der Waals surface area contributed by atoms with Gasteiger partial charge in [-0.2, -0.15) is 0 Å². The number of aliphatic carboxylic acids is 1. The number of carboxylic acids is 1. The fourth-order valence-electron chi connectivity index (χ4n) is 2.22. The van der Waals surface area contributed by atoms with E-state index in [9.17, 15) is 24.6 Å². The van der Waals surface area contributed by atoms with Gasteiger partial charge < -0.3 is 37.6 Å². The molecule has 0 rings (SSSR count). The molecule has 11 heteroatoms. The van der Waals surface area contributed by atoms with Crippen molar-refractivity contribution in [1.82, 2.24) is 16.0 Å². The van der Waals surface area contributed by atoms with Gasteiger partial charge >= 0.3 is 5.97 Å². The molecule has 0 aromatic heterocycles. The Kier molecular flexibility index (Phi) is 11.0. The number of aliphatic hydroxyl groups is 1. The zero-order valence-corrected chi connectivity index (χ0v) is 16.0. The minimum atomic E-state index is -1.22. The highest BCUT2D eigenvalue weighted by Crippen LogP contribution is 2.09. The number of aliphatic hydroxyl groups excluding tert-OH is 1. The molecule has 11 nitrogen and oxygen atoms in total. The molecule has 0 heterocycles. The smallest absolute Gasteiger partial charge is 0.326 e. The van der Waals surface area contributed by atoms with Crippen molar-refractivity contribution in [3.8, 4) is 0 Å². The van der Waals surface area contributed by atoms with E-state index in [0.29, 0.717) is 19.4 Å². The van der Waals surface area contributed by atoms with Crippen LogP contribution in [0.25, 0.3) is 0 Å². The summed E-state index contributed by atoms with van der Waals surface area (Å²) in [5, 5.41) is 33.3. The van der Waals surface area contributed by atoms with Crippen molar-refractivity contribution in [3.63, 3.8) is 0 Å². The molecular formula is C16H32N6O5. The maximum Gasteiger partial charge on any atom is 0.326 e. The van der Waals surface area contributed by atoms with Gasteiger partial charge in [-0.15, -0.1) is 0 Å².